The lowest BCUT2D eigenvalue weighted by Crippen LogP contribution is -2.41. The highest BCUT2D eigenvalue weighted by atomic mass is 16.2. The number of nitrogens with one attached hydrogen (secondary N) is 1. The van der Waals surface area contributed by atoms with E-state index in [0.717, 1.165) is 29.5 Å². The molecule has 5 heterocycles. The number of hydrogen-bond acceptors (Lipinski definition) is 10. The number of carbonyl (C=O) groups excluding carboxylic acids is 2. The Labute approximate surface area is 234 Å². The lowest BCUT2D eigenvalue weighted by molar-refractivity contribution is -0.120. The van der Waals surface area contributed by atoms with E-state index >= 15 is 0 Å². The smallest absolute Gasteiger partial charge is 0.332 e. The number of carbonyl (C=O) groups is 2. The largest absolute Gasteiger partial charge is 0.341 e. The monoisotopic (exact) mass is 558 g/mol. The number of fused-ring (bicyclic) bond motifs is 2. The van der Waals surface area contributed by atoms with Gasteiger partial charge in [0.1, 0.15) is 6.04 Å². The van der Waals surface area contributed by atoms with Crippen LogP contribution in [-0.2, 0) is 23.2 Å². The summed E-state index contributed by atoms with van der Waals surface area (Å²) in [5, 5.41) is 2.74. The highest BCUT2D eigenvalue weighted by Crippen LogP contribution is 2.45. The van der Waals surface area contributed by atoms with E-state index in [1.807, 2.05) is 0 Å². The summed E-state index contributed by atoms with van der Waals surface area (Å²) in [4.78, 5) is 75.4. The maximum absolute atomic E-state index is 13.2. The predicted octanol–water partition coefficient (Wildman–Crippen LogP) is 1.17. The van der Waals surface area contributed by atoms with Crippen LogP contribution in [0.4, 0.5) is 11.8 Å². The molecule has 1 saturated carbocycles. The van der Waals surface area contributed by atoms with Crippen molar-refractivity contribution < 1.29 is 9.59 Å². The van der Waals surface area contributed by atoms with Crippen molar-refractivity contribution in [2.45, 2.75) is 45.7 Å². The maximum atomic E-state index is 13.2. The van der Waals surface area contributed by atoms with E-state index in [2.05, 4.69) is 35.1 Å². The minimum absolute atomic E-state index is 0.0432. The molecule has 1 aliphatic carbocycles. The molecule has 1 N–H and O–H groups in total. The van der Waals surface area contributed by atoms with Crippen LogP contribution in [0, 0.1) is 11.8 Å². The Hall–Kier alpha value is -4.75. The predicted molar refractivity (Wildman–Crippen MR) is 149 cm³/mol. The van der Waals surface area contributed by atoms with Crippen molar-refractivity contribution in [1.29, 1.82) is 0 Å². The first-order valence-electron chi connectivity index (χ1n) is 13.6. The molecule has 212 valence electrons. The van der Waals surface area contributed by atoms with Crippen molar-refractivity contribution in [2.24, 2.45) is 18.9 Å². The first kappa shape index (κ1) is 26.5. The normalized spacial score (nSPS) is 18.7. The van der Waals surface area contributed by atoms with E-state index < -0.39 is 23.2 Å². The quantitative estimate of drug-likeness (QED) is 0.332. The summed E-state index contributed by atoms with van der Waals surface area (Å²) < 4.78 is 3.44. The number of hydrogen-bond donors (Lipinski definition) is 1. The number of nitrogens with zero attached hydrogens (tertiary/aromatic N) is 9. The SMILES string of the molecule is CCC(=O)Cn1c(=O)c2c(ncn2[C@@H](C)C(=O)Nc2cncc(-c3cnc(N4CCC5CC5C4)nc3)n2)n(C)c1=O. The van der Waals surface area contributed by atoms with Gasteiger partial charge >= 0.3 is 5.69 Å². The second-order valence-corrected chi connectivity index (χ2v) is 10.7. The van der Waals surface area contributed by atoms with Gasteiger partial charge < -0.3 is 14.8 Å². The molecule has 14 nitrogen and oxygen atoms in total. The van der Waals surface area contributed by atoms with E-state index in [4.69, 9.17) is 0 Å². The third-order valence-electron chi connectivity index (χ3n) is 7.98. The van der Waals surface area contributed by atoms with E-state index in [1.165, 1.54) is 41.5 Å². The number of aromatic nitrogens is 8. The number of imidazole rings is 1. The molecule has 41 heavy (non-hydrogen) atoms. The molecular weight excluding hydrogens is 528 g/mol. The van der Waals surface area contributed by atoms with Gasteiger partial charge in [0, 0.05) is 44.5 Å². The Morgan fingerprint density at radius 3 is 2.61 bits per heavy atom. The van der Waals surface area contributed by atoms with Gasteiger partial charge in [-0.3, -0.25) is 28.5 Å². The second-order valence-electron chi connectivity index (χ2n) is 10.7. The van der Waals surface area contributed by atoms with Crippen molar-refractivity contribution in [1.82, 2.24) is 38.6 Å². The number of amides is 1. The van der Waals surface area contributed by atoms with Gasteiger partial charge in [-0.2, -0.15) is 0 Å². The van der Waals surface area contributed by atoms with Gasteiger partial charge in [0.05, 0.1) is 31.0 Å². The lowest BCUT2D eigenvalue weighted by Gasteiger charge is -2.26. The molecule has 0 radical (unpaired) electrons. The van der Waals surface area contributed by atoms with Crippen LogP contribution < -0.4 is 21.5 Å². The molecule has 0 aromatic carbocycles. The highest BCUT2D eigenvalue weighted by Gasteiger charge is 2.42. The van der Waals surface area contributed by atoms with Gasteiger partial charge in [-0.1, -0.05) is 6.92 Å². The number of aryl methyl sites for hydroxylation is 1. The Morgan fingerprint density at radius 2 is 1.88 bits per heavy atom. The second kappa shape index (κ2) is 10.3. The van der Waals surface area contributed by atoms with Crippen molar-refractivity contribution in [3.8, 4) is 11.3 Å². The van der Waals surface area contributed by atoms with Gasteiger partial charge in [-0.05, 0) is 31.6 Å². The molecule has 4 aromatic heterocycles. The molecule has 2 fully saturated rings. The number of Topliss-reactive ketones (excluding diaryl/α,β-unsaturated/α-hetero) is 1. The maximum Gasteiger partial charge on any atom is 0.332 e. The Morgan fingerprint density at radius 1 is 1.10 bits per heavy atom. The first-order valence-corrected chi connectivity index (χ1v) is 13.6. The molecule has 6 rings (SSSR count). The van der Waals surface area contributed by atoms with E-state index in [1.54, 1.807) is 32.4 Å². The van der Waals surface area contributed by atoms with Crippen LogP contribution >= 0.6 is 0 Å². The summed E-state index contributed by atoms with van der Waals surface area (Å²) >= 11 is 0. The van der Waals surface area contributed by atoms with Crippen LogP contribution in [0.15, 0.2) is 40.7 Å². The van der Waals surface area contributed by atoms with Gasteiger partial charge in [-0.25, -0.2) is 24.7 Å². The van der Waals surface area contributed by atoms with Crippen LogP contribution in [0.25, 0.3) is 22.4 Å². The minimum atomic E-state index is -0.899. The molecule has 2 aliphatic rings. The van der Waals surface area contributed by atoms with Crippen LogP contribution in [0.3, 0.4) is 0 Å². The summed E-state index contributed by atoms with van der Waals surface area (Å²) in [6, 6.07) is -0.899. The van der Waals surface area contributed by atoms with Crippen molar-refractivity contribution in [3.05, 3.63) is 52.0 Å². The van der Waals surface area contributed by atoms with Gasteiger partial charge in [0.15, 0.2) is 22.8 Å². The minimum Gasteiger partial charge on any atom is -0.341 e. The molecule has 1 saturated heterocycles. The zero-order valence-corrected chi connectivity index (χ0v) is 23.0. The molecule has 3 atom stereocenters. The molecule has 2 unspecified atom stereocenters. The Bertz CT molecular complexity index is 1770. The standard InChI is InChI=1S/C27H30N10O4/c1-4-19(38)13-36-25(40)22-23(34(3)27(36)41)31-14-37(22)15(2)24(39)33-21-11-28-10-20(32-21)18-8-29-26(30-9-18)35-6-5-16-7-17(16)12-35/h8-11,14-17H,4-7,12-13H2,1-3H3,(H,32,33,39)/t15-,16?,17?/m0/s1. The Balaban J connectivity index is 1.21. The molecule has 1 amide bonds. The van der Waals surface area contributed by atoms with Crippen LogP contribution in [0.1, 0.15) is 39.2 Å². The van der Waals surface area contributed by atoms with Crippen LogP contribution in [0.2, 0.25) is 0 Å². The van der Waals surface area contributed by atoms with Crippen LogP contribution in [0.5, 0.6) is 0 Å². The molecule has 1 aliphatic heterocycles. The summed E-state index contributed by atoms with van der Waals surface area (Å²) in [6.45, 7) is 4.86. The summed E-state index contributed by atoms with van der Waals surface area (Å²) in [6.07, 6.45) is 10.4. The van der Waals surface area contributed by atoms with E-state index in [-0.39, 0.29) is 35.7 Å². The molecule has 4 aromatic rings. The Kier molecular flexibility index (Phi) is 6.67. The van der Waals surface area contributed by atoms with Crippen molar-refractivity contribution >= 4 is 34.6 Å². The average molecular weight is 559 g/mol. The third-order valence-corrected chi connectivity index (χ3v) is 7.98. The number of piperidine rings is 1. The molecule has 0 spiro atoms. The van der Waals surface area contributed by atoms with Gasteiger partial charge in [0.25, 0.3) is 5.56 Å². The van der Waals surface area contributed by atoms with Crippen molar-refractivity contribution in [2.75, 3.05) is 23.3 Å². The third kappa shape index (κ3) is 4.89. The highest BCUT2D eigenvalue weighted by molar-refractivity contribution is 5.93. The molecule has 0 bridgehead atoms. The fourth-order valence-corrected chi connectivity index (χ4v) is 5.31. The number of anilines is 2. The zero-order valence-electron chi connectivity index (χ0n) is 23.0. The molecular formula is C27H30N10O4. The van der Waals surface area contributed by atoms with Crippen LogP contribution in [-0.4, -0.2) is 63.4 Å². The fourth-order valence-electron chi connectivity index (χ4n) is 5.31. The zero-order chi connectivity index (χ0) is 28.8. The number of rotatable bonds is 8. The average Bonchev–Trinajstić information content (AvgIpc) is 3.64. The fraction of sp³-hybridized carbons (Fsp3) is 0.444. The summed E-state index contributed by atoms with van der Waals surface area (Å²) in [7, 11) is 1.46. The van der Waals surface area contributed by atoms with E-state index in [0.29, 0.717) is 17.2 Å². The number of ketones is 1. The van der Waals surface area contributed by atoms with E-state index in [9.17, 15) is 19.2 Å². The first-order chi connectivity index (χ1) is 19.7. The summed E-state index contributed by atoms with van der Waals surface area (Å²) in [5.74, 6) is 1.81. The molecule has 14 heteroatoms. The van der Waals surface area contributed by atoms with Crippen molar-refractivity contribution in [3.63, 3.8) is 0 Å². The van der Waals surface area contributed by atoms with Gasteiger partial charge in [0.2, 0.25) is 11.9 Å². The summed E-state index contributed by atoms with van der Waals surface area (Å²) in [5.41, 5.74) is -0.0184. The lowest BCUT2D eigenvalue weighted by atomic mass is 10.1. The topological polar surface area (TPSA) is 163 Å². The van der Waals surface area contributed by atoms with Gasteiger partial charge in [-0.15, -0.1) is 0 Å².